The number of hydrogen-bond acceptors (Lipinski definition) is 4. The first kappa shape index (κ1) is 12.0. The van der Waals surface area contributed by atoms with Crippen molar-refractivity contribution in [1.29, 1.82) is 0 Å². The van der Waals surface area contributed by atoms with Crippen LogP contribution in [0.1, 0.15) is 25.7 Å². The second kappa shape index (κ2) is 4.83. The summed E-state index contributed by atoms with van der Waals surface area (Å²) < 4.78 is 26.9. The molecule has 2 rings (SSSR count). The number of nitrogens with one attached hydrogen (secondary N) is 1. The molecule has 0 radical (unpaired) electrons. The highest BCUT2D eigenvalue weighted by molar-refractivity contribution is 5.49. The van der Waals surface area contributed by atoms with Gasteiger partial charge in [-0.1, -0.05) is 12.8 Å². The zero-order valence-corrected chi connectivity index (χ0v) is 9.71. The van der Waals surface area contributed by atoms with Crippen molar-refractivity contribution < 1.29 is 8.78 Å². The predicted molar refractivity (Wildman–Crippen MR) is 62.6 cm³/mol. The molecule has 0 saturated heterocycles. The Balaban J connectivity index is 2.30. The number of pyridine rings is 1. The molecular weight excluding hydrogens is 226 g/mol. The second-order valence-electron chi connectivity index (χ2n) is 4.32. The highest BCUT2D eigenvalue weighted by atomic mass is 19.1. The van der Waals surface area contributed by atoms with E-state index >= 15 is 0 Å². The minimum absolute atomic E-state index is 0.133. The third kappa shape index (κ3) is 2.31. The largest absolute Gasteiger partial charge is 0.354 e. The first-order valence-corrected chi connectivity index (χ1v) is 5.69. The number of aromatic nitrogens is 1. The number of hydrazine groups is 1. The highest BCUT2D eigenvalue weighted by Gasteiger charge is 2.24. The van der Waals surface area contributed by atoms with Gasteiger partial charge in [0.15, 0.2) is 23.3 Å². The summed E-state index contributed by atoms with van der Waals surface area (Å²) >= 11 is 0. The summed E-state index contributed by atoms with van der Waals surface area (Å²) in [6, 6.07) is 1.08. The summed E-state index contributed by atoms with van der Waals surface area (Å²) in [5.74, 6) is 3.70. The lowest BCUT2D eigenvalue weighted by molar-refractivity contribution is 0.559. The lowest BCUT2D eigenvalue weighted by atomic mass is 10.2. The maximum absolute atomic E-state index is 13.7. The topological polar surface area (TPSA) is 54.2 Å². The van der Waals surface area contributed by atoms with Gasteiger partial charge in [-0.05, 0) is 12.8 Å². The van der Waals surface area contributed by atoms with Gasteiger partial charge in [0, 0.05) is 19.2 Å². The number of halogens is 2. The van der Waals surface area contributed by atoms with Crippen LogP contribution in [0, 0.1) is 11.6 Å². The molecule has 17 heavy (non-hydrogen) atoms. The Morgan fingerprint density at radius 2 is 2.00 bits per heavy atom. The number of hydrogen-bond donors (Lipinski definition) is 2. The minimum Gasteiger partial charge on any atom is -0.354 e. The molecule has 1 heterocycles. The average Bonchev–Trinajstić information content (AvgIpc) is 2.82. The van der Waals surface area contributed by atoms with E-state index in [-0.39, 0.29) is 17.7 Å². The summed E-state index contributed by atoms with van der Waals surface area (Å²) in [6.45, 7) is 0. The molecule has 94 valence electrons. The van der Waals surface area contributed by atoms with Gasteiger partial charge in [-0.3, -0.25) is 0 Å². The van der Waals surface area contributed by atoms with Crippen LogP contribution in [-0.4, -0.2) is 18.1 Å². The Hall–Kier alpha value is -1.43. The Kier molecular flexibility index (Phi) is 3.42. The van der Waals surface area contributed by atoms with Gasteiger partial charge in [-0.15, -0.1) is 0 Å². The lowest BCUT2D eigenvalue weighted by Crippen LogP contribution is -2.31. The number of anilines is 2. The molecule has 0 bridgehead atoms. The minimum atomic E-state index is -0.784. The summed E-state index contributed by atoms with van der Waals surface area (Å²) in [5.41, 5.74) is 2.13. The van der Waals surface area contributed by atoms with Gasteiger partial charge < -0.3 is 10.3 Å². The van der Waals surface area contributed by atoms with Crippen molar-refractivity contribution >= 4 is 11.6 Å². The Morgan fingerprint density at radius 3 is 2.59 bits per heavy atom. The summed E-state index contributed by atoms with van der Waals surface area (Å²) in [6.07, 6.45) is 4.31. The molecule has 0 spiro atoms. The summed E-state index contributed by atoms with van der Waals surface area (Å²) in [5, 5.41) is 0. The third-order valence-corrected chi connectivity index (χ3v) is 3.25. The van der Waals surface area contributed by atoms with Crippen LogP contribution in [0.3, 0.4) is 0 Å². The SMILES string of the molecule is CN(c1nc(NN)c(F)cc1F)C1CCCC1. The van der Waals surface area contributed by atoms with Crippen molar-refractivity contribution in [3.63, 3.8) is 0 Å². The Bertz CT molecular complexity index is 405. The van der Waals surface area contributed by atoms with E-state index in [1.807, 2.05) is 0 Å². The number of nitrogens with two attached hydrogens (primary N) is 1. The first-order valence-electron chi connectivity index (χ1n) is 5.69. The average molecular weight is 242 g/mol. The molecular formula is C11H16F2N4. The summed E-state index contributed by atoms with van der Waals surface area (Å²) in [7, 11) is 1.78. The molecule has 0 unspecified atom stereocenters. The standard InChI is InChI=1S/C11H16F2N4/c1-17(7-4-2-3-5-7)11-9(13)6-8(12)10(15-11)16-14/h6-7H,2-5,14H2,1H3,(H,15,16). The van der Waals surface area contributed by atoms with E-state index < -0.39 is 11.6 Å². The zero-order chi connectivity index (χ0) is 12.4. The molecule has 3 N–H and O–H groups in total. The van der Waals surface area contributed by atoms with E-state index in [4.69, 9.17) is 5.84 Å². The van der Waals surface area contributed by atoms with Gasteiger partial charge in [-0.25, -0.2) is 19.6 Å². The van der Waals surface area contributed by atoms with Crippen LogP contribution in [0.25, 0.3) is 0 Å². The van der Waals surface area contributed by atoms with Crippen LogP contribution in [0.15, 0.2) is 6.07 Å². The fraction of sp³-hybridized carbons (Fsp3) is 0.545. The van der Waals surface area contributed by atoms with Crippen LogP contribution < -0.4 is 16.2 Å². The van der Waals surface area contributed by atoms with Crippen molar-refractivity contribution in [3.05, 3.63) is 17.7 Å². The van der Waals surface area contributed by atoms with E-state index in [0.717, 1.165) is 31.7 Å². The molecule has 1 aliphatic carbocycles. The molecule has 1 aliphatic rings. The van der Waals surface area contributed by atoms with Crippen LogP contribution in [-0.2, 0) is 0 Å². The van der Waals surface area contributed by atoms with Crippen LogP contribution in [0.2, 0.25) is 0 Å². The smallest absolute Gasteiger partial charge is 0.178 e. The maximum Gasteiger partial charge on any atom is 0.178 e. The predicted octanol–water partition coefficient (Wildman–Crippen LogP) is 2.02. The summed E-state index contributed by atoms with van der Waals surface area (Å²) in [4.78, 5) is 5.64. The van der Waals surface area contributed by atoms with E-state index in [2.05, 4.69) is 10.4 Å². The van der Waals surface area contributed by atoms with Gasteiger partial charge in [-0.2, -0.15) is 0 Å². The monoisotopic (exact) mass is 242 g/mol. The fourth-order valence-corrected chi connectivity index (χ4v) is 2.27. The molecule has 1 aromatic heterocycles. The molecule has 1 saturated carbocycles. The number of nitrogen functional groups attached to an aromatic ring is 1. The van der Waals surface area contributed by atoms with Crippen LogP contribution >= 0.6 is 0 Å². The van der Waals surface area contributed by atoms with Gasteiger partial charge >= 0.3 is 0 Å². The normalized spacial score (nSPS) is 16.2. The van der Waals surface area contributed by atoms with Crippen molar-refractivity contribution in [2.45, 2.75) is 31.7 Å². The molecule has 0 aromatic carbocycles. The van der Waals surface area contributed by atoms with Crippen molar-refractivity contribution in [2.75, 3.05) is 17.4 Å². The first-order chi connectivity index (χ1) is 8.13. The molecule has 0 atom stereocenters. The molecule has 1 aromatic rings. The van der Waals surface area contributed by atoms with Gasteiger partial charge in [0.2, 0.25) is 0 Å². The van der Waals surface area contributed by atoms with Crippen molar-refractivity contribution in [3.8, 4) is 0 Å². The number of rotatable bonds is 3. The van der Waals surface area contributed by atoms with Crippen molar-refractivity contribution in [1.82, 2.24) is 4.98 Å². The van der Waals surface area contributed by atoms with Gasteiger partial charge in [0.1, 0.15) is 0 Å². The van der Waals surface area contributed by atoms with E-state index in [0.29, 0.717) is 0 Å². The number of nitrogens with zero attached hydrogens (tertiary/aromatic N) is 2. The molecule has 1 fully saturated rings. The van der Waals surface area contributed by atoms with E-state index in [1.165, 1.54) is 0 Å². The van der Waals surface area contributed by atoms with E-state index in [9.17, 15) is 8.78 Å². The molecule has 4 nitrogen and oxygen atoms in total. The highest BCUT2D eigenvalue weighted by Crippen LogP contribution is 2.28. The second-order valence-corrected chi connectivity index (χ2v) is 4.32. The van der Waals surface area contributed by atoms with Crippen LogP contribution in [0.5, 0.6) is 0 Å². The van der Waals surface area contributed by atoms with Gasteiger partial charge in [0.25, 0.3) is 0 Å². The molecule has 0 amide bonds. The third-order valence-electron chi connectivity index (χ3n) is 3.25. The quantitative estimate of drug-likeness (QED) is 0.629. The van der Waals surface area contributed by atoms with Crippen LogP contribution in [0.4, 0.5) is 20.4 Å². The maximum atomic E-state index is 13.7. The lowest BCUT2D eigenvalue weighted by Gasteiger charge is -2.26. The van der Waals surface area contributed by atoms with Crippen molar-refractivity contribution in [2.24, 2.45) is 5.84 Å². The van der Waals surface area contributed by atoms with Gasteiger partial charge in [0.05, 0.1) is 0 Å². The zero-order valence-electron chi connectivity index (χ0n) is 9.71. The van der Waals surface area contributed by atoms with E-state index in [1.54, 1.807) is 11.9 Å². The Morgan fingerprint density at radius 1 is 1.35 bits per heavy atom. The fourth-order valence-electron chi connectivity index (χ4n) is 2.27. The molecule has 0 aliphatic heterocycles. The molecule has 6 heteroatoms. The Labute approximate surface area is 98.8 Å².